The lowest BCUT2D eigenvalue weighted by atomic mass is 10.0. The van der Waals surface area contributed by atoms with Crippen molar-refractivity contribution in [3.05, 3.63) is 21.4 Å². The Morgan fingerprint density at radius 3 is 2.88 bits per heavy atom. The standard InChI is InChI=1S/C14H24N2S/c1-10-9-14(12(3)17-10)11(2)16-13-5-4-7-15-8-6-13/h9,11,13,15-16H,4-8H2,1-3H3. The molecule has 2 nitrogen and oxygen atoms in total. The monoisotopic (exact) mass is 252 g/mol. The number of thiophene rings is 1. The van der Waals surface area contributed by atoms with Crippen molar-refractivity contribution in [2.75, 3.05) is 13.1 Å². The second-order valence-corrected chi connectivity index (χ2v) is 6.60. The minimum Gasteiger partial charge on any atom is -0.317 e. The fourth-order valence-electron chi connectivity index (χ4n) is 2.71. The van der Waals surface area contributed by atoms with E-state index < -0.39 is 0 Å². The van der Waals surface area contributed by atoms with Gasteiger partial charge in [-0.3, -0.25) is 0 Å². The fraction of sp³-hybridized carbons (Fsp3) is 0.714. The second kappa shape index (κ2) is 5.98. The Hall–Kier alpha value is -0.380. The van der Waals surface area contributed by atoms with E-state index in [1.54, 1.807) is 0 Å². The van der Waals surface area contributed by atoms with E-state index in [0.717, 1.165) is 6.54 Å². The summed E-state index contributed by atoms with van der Waals surface area (Å²) in [6.07, 6.45) is 3.86. The molecule has 3 heteroatoms. The lowest BCUT2D eigenvalue weighted by Crippen LogP contribution is -2.32. The predicted octanol–water partition coefficient (Wildman–Crippen LogP) is 3.16. The van der Waals surface area contributed by atoms with Crippen molar-refractivity contribution in [3.8, 4) is 0 Å². The van der Waals surface area contributed by atoms with E-state index in [9.17, 15) is 0 Å². The minimum absolute atomic E-state index is 0.489. The molecule has 1 aliphatic rings. The molecule has 2 N–H and O–H groups in total. The molecule has 0 bridgehead atoms. The Morgan fingerprint density at radius 1 is 1.35 bits per heavy atom. The molecule has 0 amide bonds. The number of rotatable bonds is 3. The Bertz CT molecular complexity index is 351. The molecule has 2 heterocycles. The predicted molar refractivity (Wildman–Crippen MR) is 75.9 cm³/mol. The zero-order valence-electron chi connectivity index (χ0n) is 11.2. The number of nitrogens with one attached hydrogen (secondary N) is 2. The zero-order valence-corrected chi connectivity index (χ0v) is 12.0. The van der Waals surface area contributed by atoms with E-state index in [4.69, 9.17) is 0 Å². The van der Waals surface area contributed by atoms with E-state index in [2.05, 4.69) is 37.5 Å². The van der Waals surface area contributed by atoms with E-state index >= 15 is 0 Å². The summed E-state index contributed by atoms with van der Waals surface area (Å²) in [6.45, 7) is 9.07. The molecule has 2 unspecified atom stereocenters. The van der Waals surface area contributed by atoms with Crippen molar-refractivity contribution in [2.45, 2.75) is 52.1 Å². The minimum atomic E-state index is 0.489. The van der Waals surface area contributed by atoms with Gasteiger partial charge in [0.25, 0.3) is 0 Å². The van der Waals surface area contributed by atoms with E-state index in [1.165, 1.54) is 41.1 Å². The average molecular weight is 252 g/mol. The van der Waals surface area contributed by atoms with Gasteiger partial charge in [-0.1, -0.05) is 0 Å². The van der Waals surface area contributed by atoms with Gasteiger partial charge in [-0.15, -0.1) is 11.3 Å². The van der Waals surface area contributed by atoms with Gasteiger partial charge in [-0.25, -0.2) is 0 Å². The van der Waals surface area contributed by atoms with Crippen LogP contribution in [-0.4, -0.2) is 19.1 Å². The van der Waals surface area contributed by atoms with Crippen molar-refractivity contribution in [1.82, 2.24) is 10.6 Å². The summed E-state index contributed by atoms with van der Waals surface area (Å²) in [4.78, 5) is 2.89. The Balaban J connectivity index is 1.95. The molecule has 1 aliphatic heterocycles. The highest BCUT2D eigenvalue weighted by atomic mass is 32.1. The van der Waals surface area contributed by atoms with Crippen LogP contribution in [0.3, 0.4) is 0 Å². The van der Waals surface area contributed by atoms with Crippen LogP contribution in [0, 0.1) is 13.8 Å². The van der Waals surface area contributed by atoms with Crippen LogP contribution >= 0.6 is 11.3 Å². The van der Waals surface area contributed by atoms with Gasteiger partial charge in [-0.05, 0) is 64.8 Å². The molecule has 0 spiro atoms. The van der Waals surface area contributed by atoms with Crippen LogP contribution < -0.4 is 10.6 Å². The van der Waals surface area contributed by atoms with Gasteiger partial charge in [0, 0.05) is 21.8 Å². The first-order valence-corrected chi connectivity index (χ1v) is 7.52. The summed E-state index contributed by atoms with van der Waals surface area (Å²) in [5, 5.41) is 7.26. The first-order valence-electron chi connectivity index (χ1n) is 6.70. The zero-order chi connectivity index (χ0) is 12.3. The van der Waals surface area contributed by atoms with Crippen LogP contribution in [0.25, 0.3) is 0 Å². The van der Waals surface area contributed by atoms with E-state index in [0.29, 0.717) is 12.1 Å². The third kappa shape index (κ3) is 3.54. The van der Waals surface area contributed by atoms with Gasteiger partial charge in [0.05, 0.1) is 0 Å². The molecule has 96 valence electrons. The highest BCUT2D eigenvalue weighted by Gasteiger charge is 2.17. The molecule has 1 fully saturated rings. The Labute approximate surface area is 109 Å². The summed E-state index contributed by atoms with van der Waals surface area (Å²) in [7, 11) is 0. The highest BCUT2D eigenvalue weighted by Crippen LogP contribution is 2.27. The van der Waals surface area contributed by atoms with Crippen molar-refractivity contribution in [2.24, 2.45) is 0 Å². The van der Waals surface area contributed by atoms with Crippen LogP contribution in [0.4, 0.5) is 0 Å². The van der Waals surface area contributed by atoms with Crippen LogP contribution in [0.5, 0.6) is 0 Å². The maximum absolute atomic E-state index is 3.80. The maximum Gasteiger partial charge on any atom is 0.0305 e. The summed E-state index contributed by atoms with van der Waals surface area (Å²) < 4.78 is 0. The maximum atomic E-state index is 3.80. The molecule has 2 atom stereocenters. The van der Waals surface area contributed by atoms with Crippen LogP contribution in [-0.2, 0) is 0 Å². The van der Waals surface area contributed by atoms with Crippen LogP contribution in [0.15, 0.2) is 6.07 Å². The lowest BCUT2D eigenvalue weighted by Gasteiger charge is -2.22. The van der Waals surface area contributed by atoms with Crippen molar-refractivity contribution in [3.63, 3.8) is 0 Å². The smallest absolute Gasteiger partial charge is 0.0305 e. The second-order valence-electron chi connectivity index (χ2n) is 5.13. The lowest BCUT2D eigenvalue weighted by molar-refractivity contribution is 0.421. The molecule has 17 heavy (non-hydrogen) atoms. The summed E-state index contributed by atoms with van der Waals surface area (Å²) >= 11 is 1.91. The topological polar surface area (TPSA) is 24.1 Å². The molecule has 1 aromatic heterocycles. The van der Waals surface area contributed by atoms with Crippen molar-refractivity contribution >= 4 is 11.3 Å². The van der Waals surface area contributed by atoms with Gasteiger partial charge in [0.1, 0.15) is 0 Å². The van der Waals surface area contributed by atoms with E-state index in [-0.39, 0.29) is 0 Å². The number of hydrogen-bond acceptors (Lipinski definition) is 3. The molecule has 0 radical (unpaired) electrons. The molecule has 2 rings (SSSR count). The first-order chi connectivity index (χ1) is 8.16. The largest absolute Gasteiger partial charge is 0.317 e. The molecule has 0 saturated carbocycles. The first kappa shape index (κ1) is 13.1. The summed E-state index contributed by atoms with van der Waals surface area (Å²) in [5.74, 6) is 0. The third-order valence-corrected chi connectivity index (χ3v) is 4.59. The number of aryl methyl sites for hydroxylation is 2. The van der Waals surface area contributed by atoms with Crippen molar-refractivity contribution < 1.29 is 0 Å². The number of hydrogen-bond donors (Lipinski definition) is 2. The quantitative estimate of drug-likeness (QED) is 0.863. The fourth-order valence-corrected chi connectivity index (χ4v) is 3.73. The average Bonchev–Trinajstić information content (AvgIpc) is 2.51. The molecular formula is C14H24N2S. The van der Waals surface area contributed by atoms with Gasteiger partial charge in [0.2, 0.25) is 0 Å². The molecular weight excluding hydrogens is 228 g/mol. The molecule has 0 aliphatic carbocycles. The van der Waals surface area contributed by atoms with Crippen LogP contribution in [0.2, 0.25) is 0 Å². The van der Waals surface area contributed by atoms with Gasteiger partial charge in [0.15, 0.2) is 0 Å². The normalized spacial score (nSPS) is 23.4. The Morgan fingerprint density at radius 2 is 2.18 bits per heavy atom. The molecule has 0 aromatic carbocycles. The summed E-state index contributed by atoms with van der Waals surface area (Å²) in [6, 6.07) is 3.51. The van der Waals surface area contributed by atoms with E-state index in [1.807, 2.05) is 11.3 Å². The van der Waals surface area contributed by atoms with Gasteiger partial charge in [-0.2, -0.15) is 0 Å². The van der Waals surface area contributed by atoms with Crippen molar-refractivity contribution in [1.29, 1.82) is 0 Å². The third-order valence-electron chi connectivity index (χ3n) is 3.61. The highest BCUT2D eigenvalue weighted by molar-refractivity contribution is 7.12. The molecule has 1 aromatic rings. The van der Waals surface area contributed by atoms with Crippen LogP contribution in [0.1, 0.15) is 47.5 Å². The SMILES string of the molecule is Cc1cc(C(C)NC2CCCNCC2)c(C)s1. The molecule has 1 saturated heterocycles. The Kier molecular flexibility index (Phi) is 4.60. The van der Waals surface area contributed by atoms with Gasteiger partial charge < -0.3 is 10.6 Å². The summed E-state index contributed by atoms with van der Waals surface area (Å²) in [5.41, 5.74) is 1.49. The van der Waals surface area contributed by atoms with Gasteiger partial charge >= 0.3 is 0 Å².